The standard InChI is InChI=1S/C8H11NO5S/c1-13-7(10)5-4(9-12)3-15-6(5)8(11)14-2/h5-6,12H,3H2,1-2H3/b9-4-/t5-,6-/m1/s1. The van der Waals surface area contributed by atoms with Crippen LogP contribution in [0.1, 0.15) is 0 Å². The number of ether oxygens (including phenoxy) is 2. The van der Waals surface area contributed by atoms with Gasteiger partial charge in [-0.25, -0.2) is 0 Å². The smallest absolute Gasteiger partial charge is 0.320 e. The highest BCUT2D eigenvalue weighted by molar-refractivity contribution is 8.01. The van der Waals surface area contributed by atoms with Gasteiger partial charge in [-0.05, 0) is 0 Å². The maximum absolute atomic E-state index is 11.4. The van der Waals surface area contributed by atoms with Crippen LogP contribution in [0.2, 0.25) is 0 Å². The lowest BCUT2D eigenvalue weighted by Crippen LogP contribution is -2.34. The number of carbonyl (C=O) groups is 2. The van der Waals surface area contributed by atoms with E-state index in [9.17, 15) is 9.59 Å². The van der Waals surface area contributed by atoms with E-state index < -0.39 is 23.1 Å². The van der Waals surface area contributed by atoms with Crippen molar-refractivity contribution in [1.29, 1.82) is 0 Å². The van der Waals surface area contributed by atoms with Gasteiger partial charge in [-0.3, -0.25) is 9.59 Å². The summed E-state index contributed by atoms with van der Waals surface area (Å²) in [6.45, 7) is 0. The summed E-state index contributed by atoms with van der Waals surface area (Å²) in [5, 5.41) is 11.0. The molecule has 0 amide bonds. The van der Waals surface area contributed by atoms with E-state index in [0.29, 0.717) is 5.75 Å². The summed E-state index contributed by atoms with van der Waals surface area (Å²) in [6, 6.07) is 0. The van der Waals surface area contributed by atoms with Gasteiger partial charge < -0.3 is 14.7 Å². The lowest BCUT2D eigenvalue weighted by molar-refractivity contribution is -0.148. The average Bonchev–Trinajstić information content (AvgIpc) is 2.70. The van der Waals surface area contributed by atoms with Crippen LogP contribution >= 0.6 is 11.8 Å². The van der Waals surface area contributed by atoms with Crippen molar-refractivity contribution < 1.29 is 24.3 Å². The molecule has 0 saturated carbocycles. The Bertz CT molecular complexity index is 303. The fourth-order valence-electron chi connectivity index (χ4n) is 1.33. The Hall–Kier alpha value is -1.24. The van der Waals surface area contributed by atoms with Crippen LogP contribution in [0.5, 0.6) is 0 Å². The minimum atomic E-state index is -0.850. The van der Waals surface area contributed by atoms with E-state index in [-0.39, 0.29) is 5.71 Å². The van der Waals surface area contributed by atoms with E-state index in [4.69, 9.17) is 5.21 Å². The Morgan fingerprint density at radius 1 is 1.40 bits per heavy atom. The number of methoxy groups -OCH3 is 2. The highest BCUT2D eigenvalue weighted by Crippen LogP contribution is 2.32. The van der Waals surface area contributed by atoms with Crippen molar-refractivity contribution in [2.45, 2.75) is 5.25 Å². The third-order valence-electron chi connectivity index (χ3n) is 2.09. The maximum atomic E-state index is 11.4. The summed E-state index contributed by atoms with van der Waals surface area (Å²) in [4.78, 5) is 22.7. The summed E-state index contributed by atoms with van der Waals surface area (Å²) < 4.78 is 9.09. The van der Waals surface area contributed by atoms with E-state index in [1.165, 1.54) is 26.0 Å². The van der Waals surface area contributed by atoms with E-state index in [0.717, 1.165) is 0 Å². The first-order valence-corrected chi connectivity index (χ1v) is 5.18. The van der Waals surface area contributed by atoms with Gasteiger partial charge in [0.1, 0.15) is 11.2 Å². The molecule has 84 valence electrons. The number of hydrogen-bond acceptors (Lipinski definition) is 7. The molecule has 1 heterocycles. The number of esters is 2. The molecule has 0 unspecified atom stereocenters. The largest absolute Gasteiger partial charge is 0.468 e. The second-order valence-corrected chi connectivity index (χ2v) is 3.98. The minimum Gasteiger partial charge on any atom is -0.468 e. The van der Waals surface area contributed by atoms with Crippen molar-refractivity contribution in [3.63, 3.8) is 0 Å². The summed E-state index contributed by atoms with van der Waals surface area (Å²) in [7, 11) is 2.46. The summed E-state index contributed by atoms with van der Waals surface area (Å²) >= 11 is 1.19. The van der Waals surface area contributed by atoms with Gasteiger partial charge in [0.15, 0.2) is 0 Å². The molecule has 6 nitrogen and oxygen atoms in total. The van der Waals surface area contributed by atoms with Gasteiger partial charge >= 0.3 is 11.9 Å². The number of carbonyl (C=O) groups excluding carboxylic acids is 2. The van der Waals surface area contributed by atoms with Crippen molar-refractivity contribution in [2.24, 2.45) is 11.1 Å². The molecule has 1 fully saturated rings. The molecule has 1 aliphatic rings. The number of thioether (sulfide) groups is 1. The van der Waals surface area contributed by atoms with Crippen LogP contribution in [-0.2, 0) is 19.1 Å². The van der Waals surface area contributed by atoms with Gasteiger partial charge in [-0.15, -0.1) is 11.8 Å². The van der Waals surface area contributed by atoms with Gasteiger partial charge in [0.25, 0.3) is 0 Å². The zero-order valence-electron chi connectivity index (χ0n) is 8.30. The predicted molar refractivity (Wildman–Crippen MR) is 53.0 cm³/mol. The van der Waals surface area contributed by atoms with Gasteiger partial charge in [0.2, 0.25) is 0 Å². The van der Waals surface area contributed by atoms with Crippen LogP contribution in [0.15, 0.2) is 5.16 Å². The van der Waals surface area contributed by atoms with Crippen molar-refractivity contribution in [2.75, 3.05) is 20.0 Å². The van der Waals surface area contributed by atoms with Crippen LogP contribution in [0.3, 0.4) is 0 Å². The third kappa shape index (κ3) is 2.23. The molecule has 1 saturated heterocycles. The molecule has 0 aliphatic carbocycles. The van der Waals surface area contributed by atoms with E-state index in [1.807, 2.05) is 0 Å². The number of nitrogens with zero attached hydrogens (tertiary/aromatic N) is 1. The first-order valence-electron chi connectivity index (χ1n) is 4.13. The molecule has 0 aromatic heterocycles. The summed E-state index contributed by atoms with van der Waals surface area (Å²) in [5.41, 5.74) is 0.238. The van der Waals surface area contributed by atoms with Crippen LogP contribution in [0.25, 0.3) is 0 Å². The van der Waals surface area contributed by atoms with Crippen molar-refractivity contribution in [3.05, 3.63) is 0 Å². The molecule has 15 heavy (non-hydrogen) atoms. The Morgan fingerprint density at radius 3 is 2.47 bits per heavy atom. The van der Waals surface area contributed by atoms with Crippen LogP contribution < -0.4 is 0 Å². The second kappa shape index (κ2) is 5.01. The molecule has 0 radical (unpaired) electrons. The first kappa shape index (κ1) is 11.8. The number of hydrogen-bond donors (Lipinski definition) is 1. The quantitative estimate of drug-likeness (QED) is 0.407. The molecule has 0 spiro atoms. The Balaban J connectivity index is 2.91. The van der Waals surface area contributed by atoms with E-state index >= 15 is 0 Å². The molecule has 1 rings (SSSR count). The van der Waals surface area contributed by atoms with Gasteiger partial charge in [0.05, 0.1) is 19.9 Å². The van der Waals surface area contributed by atoms with Crippen LogP contribution in [-0.4, -0.2) is 48.1 Å². The molecule has 1 N–H and O–H groups in total. The van der Waals surface area contributed by atoms with E-state index in [1.54, 1.807) is 0 Å². The highest BCUT2D eigenvalue weighted by atomic mass is 32.2. The zero-order chi connectivity index (χ0) is 11.4. The van der Waals surface area contributed by atoms with Gasteiger partial charge in [-0.2, -0.15) is 0 Å². The van der Waals surface area contributed by atoms with Gasteiger partial charge in [-0.1, -0.05) is 5.16 Å². The molecule has 0 bridgehead atoms. The fourth-order valence-corrected chi connectivity index (χ4v) is 2.61. The SMILES string of the molecule is COC(=O)[C@@H]1/C(=N\O)CS[C@H]1C(=O)OC. The second-order valence-electron chi connectivity index (χ2n) is 2.85. The molecular formula is C8H11NO5S. The molecule has 1 aliphatic heterocycles. The first-order chi connectivity index (χ1) is 7.15. The fraction of sp³-hybridized carbons (Fsp3) is 0.625. The summed E-state index contributed by atoms with van der Waals surface area (Å²) in [5.74, 6) is -1.65. The molecular weight excluding hydrogens is 222 g/mol. The van der Waals surface area contributed by atoms with Crippen molar-refractivity contribution in [3.8, 4) is 0 Å². The van der Waals surface area contributed by atoms with Crippen LogP contribution in [0, 0.1) is 5.92 Å². The Kier molecular flexibility index (Phi) is 3.96. The van der Waals surface area contributed by atoms with Gasteiger partial charge in [0, 0.05) is 5.75 Å². The molecule has 2 atom stereocenters. The Labute approximate surface area is 90.6 Å². The highest BCUT2D eigenvalue weighted by Gasteiger charge is 2.45. The predicted octanol–water partition coefficient (Wildman–Crippen LogP) is -0.106. The molecule has 0 aromatic rings. The topological polar surface area (TPSA) is 85.2 Å². The lowest BCUT2D eigenvalue weighted by atomic mass is 10.0. The zero-order valence-corrected chi connectivity index (χ0v) is 9.11. The number of rotatable bonds is 2. The van der Waals surface area contributed by atoms with Crippen molar-refractivity contribution in [1.82, 2.24) is 0 Å². The normalized spacial score (nSPS) is 27.7. The minimum absolute atomic E-state index is 0.238. The molecule has 0 aromatic carbocycles. The monoisotopic (exact) mass is 233 g/mol. The maximum Gasteiger partial charge on any atom is 0.320 e. The third-order valence-corrected chi connectivity index (χ3v) is 3.38. The average molecular weight is 233 g/mol. The van der Waals surface area contributed by atoms with Crippen molar-refractivity contribution >= 4 is 29.4 Å². The lowest BCUT2D eigenvalue weighted by Gasteiger charge is -2.13. The Morgan fingerprint density at radius 2 is 2.00 bits per heavy atom. The molecule has 7 heteroatoms. The van der Waals surface area contributed by atoms with E-state index in [2.05, 4.69) is 14.6 Å². The van der Waals surface area contributed by atoms with Crippen LogP contribution in [0.4, 0.5) is 0 Å². The number of oxime groups is 1. The summed E-state index contributed by atoms with van der Waals surface area (Å²) in [6.07, 6.45) is 0.